The molecule has 1 atom stereocenters. The van der Waals surface area contributed by atoms with E-state index in [0.29, 0.717) is 23.9 Å². The smallest absolute Gasteiger partial charge is 0.336 e. The van der Waals surface area contributed by atoms with E-state index >= 15 is 0 Å². The van der Waals surface area contributed by atoms with Gasteiger partial charge < -0.3 is 19.4 Å². The van der Waals surface area contributed by atoms with Crippen molar-refractivity contribution < 1.29 is 13.9 Å². The molecule has 2 heterocycles. The average molecular weight is 316 g/mol. The van der Waals surface area contributed by atoms with Gasteiger partial charge in [-0.15, -0.1) is 0 Å². The second kappa shape index (κ2) is 6.83. The minimum Gasteiger partial charge on any atom is -0.484 e. The first kappa shape index (κ1) is 15.6. The van der Waals surface area contributed by atoms with Gasteiger partial charge in [0, 0.05) is 36.7 Å². The van der Waals surface area contributed by atoms with Crippen LogP contribution in [-0.4, -0.2) is 43.6 Å². The molecule has 0 radical (unpaired) electrons. The maximum absolute atomic E-state index is 12.3. The Morgan fingerprint density at radius 3 is 3.04 bits per heavy atom. The molecule has 1 aliphatic heterocycles. The van der Waals surface area contributed by atoms with Crippen LogP contribution in [0.1, 0.15) is 12.8 Å². The summed E-state index contributed by atoms with van der Waals surface area (Å²) in [6.07, 6.45) is 2.09. The molecule has 6 nitrogen and oxygen atoms in total. The number of carbonyl (C=O) groups excluding carboxylic acids is 1. The zero-order valence-electron chi connectivity index (χ0n) is 13.1. The summed E-state index contributed by atoms with van der Waals surface area (Å²) in [5, 5.41) is 4.03. The monoisotopic (exact) mass is 316 g/mol. The fourth-order valence-electron chi connectivity index (χ4n) is 2.81. The molecule has 1 aromatic carbocycles. The Morgan fingerprint density at radius 2 is 2.22 bits per heavy atom. The highest BCUT2D eigenvalue weighted by atomic mass is 16.5. The van der Waals surface area contributed by atoms with E-state index in [1.807, 2.05) is 11.9 Å². The van der Waals surface area contributed by atoms with Crippen LogP contribution in [0.2, 0.25) is 0 Å². The molecule has 0 bridgehead atoms. The number of benzene rings is 1. The average Bonchev–Trinajstić information content (AvgIpc) is 2.59. The molecule has 1 fully saturated rings. The molecule has 122 valence electrons. The Hall–Kier alpha value is -2.34. The number of ether oxygens (including phenoxy) is 1. The number of likely N-dealkylation sites (N-methyl/N-ethyl adjacent to an activating group) is 1. The predicted molar refractivity (Wildman–Crippen MR) is 86.6 cm³/mol. The quantitative estimate of drug-likeness (QED) is 0.863. The maximum Gasteiger partial charge on any atom is 0.336 e. The first-order chi connectivity index (χ1) is 11.2. The van der Waals surface area contributed by atoms with Crippen molar-refractivity contribution in [2.45, 2.75) is 18.9 Å². The summed E-state index contributed by atoms with van der Waals surface area (Å²) >= 11 is 0. The number of rotatable bonds is 4. The molecule has 0 spiro atoms. The number of nitrogens with one attached hydrogen (secondary N) is 1. The standard InChI is InChI=1S/C17H20N2O4/c1-18-13-3-2-8-19(10-13)16(20)11-22-14-6-4-12-5-7-17(21)23-15(12)9-14/h4-7,9,13,18H,2-3,8,10-11H2,1H3. The molecule has 1 aromatic heterocycles. The molecule has 3 rings (SSSR count). The van der Waals surface area contributed by atoms with E-state index in [9.17, 15) is 9.59 Å². The summed E-state index contributed by atoms with van der Waals surface area (Å²) in [7, 11) is 1.91. The summed E-state index contributed by atoms with van der Waals surface area (Å²) in [5.41, 5.74) is 0.0489. The van der Waals surface area contributed by atoms with Gasteiger partial charge in [-0.1, -0.05) is 0 Å². The van der Waals surface area contributed by atoms with E-state index < -0.39 is 5.63 Å². The number of hydrogen-bond donors (Lipinski definition) is 1. The minimum absolute atomic E-state index is 0.0149. The van der Waals surface area contributed by atoms with E-state index in [1.54, 1.807) is 24.3 Å². The fourth-order valence-corrected chi connectivity index (χ4v) is 2.81. The van der Waals surface area contributed by atoms with Crippen LogP contribution in [0, 0.1) is 0 Å². The Balaban J connectivity index is 1.63. The molecule has 1 unspecified atom stereocenters. The fraction of sp³-hybridized carbons (Fsp3) is 0.412. The zero-order valence-corrected chi connectivity index (χ0v) is 13.1. The van der Waals surface area contributed by atoms with Crippen molar-refractivity contribution in [2.75, 3.05) is 26.7 Å². The molecular weight excluding hydrogens is 296 g/mol. The maximum atomic E-state index is 12.3. The van der Waals surface area contributed by atoms with E-state index in [-0.39, 0.29) is 12.5 Å². The number of fused-ring (bicyclic) bond motifs is 1. The molecule has 6 heteroatoms. The molecule has 1 N–H and O–H groups in total. The lowest BCUT2D eigenvalue weighted by Gasteiger charge is -2.32. The molecule has 2 aromatic rings. The minimum atomic E-state index is -0.405. The summed E-state index contributed by atoms with van der Waals surface area (Å²) in [4.78, 5) is 25.3. The number of likely N-dealkylation sites (tertiary alicyclic amines) is 1. The Morgan fingerprint density at radius 1 is 1.39 bits per heavy atom. The van der Waals surface area contributed by atoms with Crippen molar-refractivity contribution in [3.05, 3.63) is 40.8 Å². The lowest BCUT2D eigenvalue weighted by atomic mass is 10.1. The van der Waals surface area contributed by atoms with Gasteiger partial charge in [0.15, 0.2) is 6.61 Å². The van der Waals surface area contributed by atoms with Gasteiger partial charge >= 0.3 is 5.63 Å². The highest BCUT2D eigenvalue weighted by molar-refractivity contribution is 5.79. The highest BCUT2D eigenvalue weighted by Gasteiger charge is 2.22. The van der Waals surface area contributed by atoms with Crippen molar-refractivity contribution in [2.24, 2.45) is 0 Å². The van der Waals surface area contributed by atoms with Gasteiger partial charge in [-0.05, 0) is 38.1 Å². The van der Waals surface area contributed by atoms with Gasteiger partial charge in [0.1, 0.15) is 11.3 Å². The number of nitrogens with zero attached hydrogens (tertiary/aromatic N) is 1. The van der Waals surface area contributed by atoms with Crippen LogP contribution in [0.3, 0.4) is 0 Å². The predicted octanol–water partition coefficient (Wildman–Crippen LogP) is 1.38. The van der Waals surface area contributed by atoms with Crippen LogP contribution in [0.5, 0.6) is 5.75 Å². The van der Waals surface area contributed by atoms with Crippen molar-refractivity contribution in [3.63, 3.8) is 0 Å². The third-order valence-corrected chi connectivity index (χ3v) is 4.14. The Labute approximate surface area is 134 Å². The third kappa shape index (κ3) is 3.71. The Bertz CT molecular complexity index is 756. The van der Waals surface area contributed by atoms with E-state index in [0.717, 1.165) is 24.8 Å². The SMILES string of the molecule is CNC1CCCN(C(=O)COc2ccc3ccc(=O)oc3c2)C1. The molecule has 1 saturated heterocycles. The molecular formula is C17H20N2O4. The van der Waals surface area contributed by atoms with Crippen molar-refractivity contribution in [1.29, 1.82) is 0 Å². The molecule has 0 aliphatic carbocycles. The first-order valence-electron chi connectivity index (χ1n) is 7.77. The number of carbonyl (C=O) groups is 1. The molecule has 23 heavy (non-hydrogen) atoms. The topological polar surface area (TPSA) is 71.8 Å². The van der Waals surface area contributed by atoms with E-state index in [2.05, 4.69) is 5.32 Å². The molecule has 1 aliphatic rings. The summed E-state index contributed by atoms with van der Waals surface area (Å²) in [6.45, 7) is 1.47. The van der Waals surface area contributed by atoms with Crippen LogP contribution in [-0.2, 0) is 4.79 Å². The van der Waals surface area contributed by atoms with Crippen LogP contribution in [0.15, 0.2) is 39.5 Å². The largest absolute Gasteiger partial charge is 0.484 e. The lowest BCUT2D eigenvalue weighted by Crippen LogP contribution is -2.48. The summed E-state index contributed by atoms with van der Waals surface area (Å²) in [5.74, 6) is 0.488. The zero-order chi connectivity index (χ0) is 16.2. The van der Waals surface area contributed by atoms with Crippen molar-refractivity contribution in [3.8, 4) is 5.75 Å². The van der Waals surface area contributed by atoms with Gasteiger partial charge in [-0.2, -0.15) is 0 Å². The second-order valence-corrected chi connectivity index (χ2v) is 5.71. The highest BCUT2D eigenvalue weighted by Crippen LogP contribution is 2.19. The van der Waals surface area contributed by atoms with Crippen LogP contribution in [0.25, 0.3) is 11.0 Å². The van der Waals surface area contributed by atoms with E-state index in [4.69, 9.17) is 9.15 Å². The number of hydrogen-bond acceptors (Lipinski definition) is 5. The normalized spacial score (nSPS) is 18.1. The van der Waals surface area contributed by atoms with Gasteiger partial charge in [-0.3, -0.25) is 4.79 Å². The van der Waals surface area contributed by atoms with Crippen molar-refractivity contribution >= 4 is 16.9 Å². The van der Waals surface area contributed by atoms with E-state index in [1.165, 1.54) is 6.07 Å². The van der Waals surface area contributed by atoms with Crippen LogP contribution >= 0.6 is 0 Å². The lowest BCUT2D eigenvalue weighted by molar-refractivity contribution is -0.134. The van der Waals surface area contributed by atoms with Gasteiger partial charge in [0.25, 0.3) is 5.91 Å². The summed E-state index contributed by atoms with van der Waals surface area (Å²) in [6, 6.07) is 8.62. The summed E-state index contributed by atoms with van der Waals surface area (Å²) < 4.78 is 10.7. The molecule has 0 saturated carbocycles. The van der Waals surface area contributed by atoms with Crippen molar-refractivity contribution in [1.82, 2.24) is 10.2 Å². The Kier molecular flexibility index (Phi) is 4.62. The second-order valence-electron chi connectivity index (χ2n) is 5.71. The van der Waals surface area contributed by atoms with Crippen LogP contribution < -0.4 is 15.7 Å². The number of piperidine rings is 1. The first-order valence-corrected chi connectivity index (χ1v) is 7.77. The van der Waals surface area contributed by atoms with Gasteiger partial charge in [0.05, 0.1) is 0 Å². The van der Waals surface area contributed by atoms with Gasteiger partial charge in [0.2, 0.25) is 0 Å². The number of amides is 1. The molecule has 1 amide bonds. The third-order valence-electron chi connectivity index (χ3n) is 4.14. The van der Waals surface area contributed by atoms with Gasteiger partial charge in [-0.25, -0.2) is 4.79 Å². The van der Waals surface area contributed by atoms with Crippen LogP contribution in [0.4, 0.5) is 0 Å².